The minimum absolute atomic E-state index is 0.503. The van der Waals surface area contributed by atoms with Crippen molar-refractivity contribution in [3.05, 3.63) is 36.3 Å². The zero-order chi connectivity index (χ0) is 10.9. The first-order chi connectivity index (χ1) is 7.13. The van der Waals surface area contributed by atoms with Crippen molar-refractivity contribution in [3.63, 3.8) is 0 Å². The van der Waals surface area contributed by atoms with Gasteiger partial charge in [0.1, 0.15) is 0 Å². The lowest BCUT2D eigenvalue weighted by Crippen LogP contribution is -2.13. The lowest BCUT2D eigenvalue weighted by atomic mass is 9.87. The molecule has 0 atom stereocenters. The van der Waals surface area contributed by atoms with Gasteiger partial charge in [-0.3, -0.25) is 9.97 Å². The second kappa shape index (κ2) is 3.32. The summed E-state index contributed by atoms with van der Waals surface area (Å²) in [5.41, 5.74) is 1.32. The van der Waals surface area contributed by atoms with Crippen molar-refractivity contribution in [2.75, 3.05) is 0 Å². The van der Waals surface area contributed by atoms with Crippen LogP contribution >= 0.6 is 0 Å². The number of fused-ring (bicyclic) bond motifs is 1. The molecule has 0 aliphatic carbocycles. The lowest BCUT2D eigenvalue weighted by molar-refractivity contribution is 0.684. The quantitative estimate of drug-likeness (QED) is 0.705. The highest BCUT2D eigenvalue weighted by molar-refractivity contribution is 5.77. The van der Waals surface area contributed by atoms with Crippen molar-refractivity contribution in [2.24, 2.45) is 0 Å². The Bertz CT molecular complexity index is 538. The maximum absolute atomic E-state index is 9.03. The largest absolute Gasteiger partial charge is 0.264 e. The van der Waals surface area contributed by atoms with Crippen LogP contribution in [0.5, 0.6) is 0 Å². The third-order valence-corrected chi connectivity index (χ3v) is 2.48. The van der Waals surface area contributed by atoms with Crippen LogP contribution in [0.4, 0.5) is 0 Å². The molecule has 0 spiro atoms. The van der Waals surface area contributed by atoms with Crippen molar-refractivity contribution >= 4 is 10.9 Å². The molecule has 0 aromatic carbocycles. The molecule has 0 saturated heterocycles. The first-order valence-electron chi connectivity index (χ1n) is 4.75. The van der Waals surface area contributed by atoms with Gasteiger partial charge < -0.3 is 0 Å². The van der Waals surface area contributed by atoms with Crippen molar-refractivity contribution in [2.45, 2.75) is 19.3 Å². The Labute approximate surface area is 88.4 Å². The molecule has 2 aromatic heterocycles. The van der Waals surface area contributed by atoms with Crippen molar-refractivity contribution in [1.82, 2.24) is 9.97 Å². The molecule has 0 bridgehead atoms. The Kier molecular flexibility index (Phi) is 2.12. The standard InChI is InChI=1S/C12H11N3/c1-12(2,8-13)10-5-9-6-14-4-3-11(9)15-7-10/h3-7H,1-2H3. The van der Waals surface area contributed by atoms with E-state index in [0.29, 0.717) is 0 Å². The fourth-order valence-corrected chi connectivity index (χ4v) is 1.38. The summed E-state index contributed by atoms with van der Waals surface area (Å²) in [6.07, 6.45) is 5.23. The van der Waals surface area contributed by atoms with Crippen LogP contribution in [0.1, 0.15) is 19.4 Å². The van der Waals surface area contributed by atoms with Gasteiger partial charge >= 0.3 is 0 Å². The van der Waals surface area contributed by atoms with E-state index >= 15 is 0 Å². The third kappa shape index (κ3) is 1.66. The van der Waals surface area contributed by atoms with E-state index in [4.69, 9.17) is 5.26 Å². The van der Waals surface area contributed by atoms with Crippen LogP contribution in [-0.4, -0.2) is 9.97 Å². The van der Waals surface area contributed by atoms with Gasteiger partial charge in [0.2, 0.25) is 0 Å². The molecule has 0 fully saturated rings. The molecule has 0 N–H and O–H groups in total. The summed E-state index contributed by atoms with van der Waals surface area (Å²) in [6, 6.07) is 6.09. The molecule has 2 rings (SSSR count). The van der Waals surface area contributed by atoms with Crippen molar-refractivity contribution in [3.8, 4) is 6.07 Å². The van der Waals surface area contributed by atoms with E-state index in [0.717, 1.165) is 16.5 Å². The topological polar surface area (TPSA) is 49.6 Å². The number of nitriles is 1. The van der Waals surface area contributed by atoms with Gasteiger partial charge in [-0.05, 0) is 31.5 Å². The van der Waals surface area contributed by atoms with Gasteiger partial charge in [0, 0.05) is 24.0 Å². The first kappa shape index (κ1) is 9.60. The number of hydrogen-bond donors (Lipinski definition) is 0. The summed E-state index contributed by atoms with van der Waals surface area (Å²) in [5, 5.41) is 10.00. The Balaban J connectivity index is 2.63. The SMILES string of the molecule is CC(C)(C#N)c1cnc2ccncc2c1. The monoisotopic (exact) mass is 197 g/mol. The maximum atomic E-state index is 9.03. The van der Waals surface area contributed by atoms with E-state index in [2.05, 4.69) is 16.0 Å². The second-order valence-corrected chi connectivity index (χ2v) is 4.03. The molecule has 0 saturated carbocycles. The molecular weight excluding hydrogens is 186 g/mol. The number of rotatable bonds is 1. The molecule has 0 aliphatic rings. The van der Waals surface area contributed by atoms with Crippen molar-refractivity contribution in [1.29, 1.82) is 5.26 Å². The molecule has 74 valence electrons. The van der Waals surface area contributed by atoms with Gasteiger partial charge in [-0.15, -0.1) is 0 Å². The number of pyridine rings is 2. The number of hydrogen-bond acceptors (Lipinski definition) is 3. The Morgan fingerprint density at radius 3 is 2.87 bits per heavy atom. The predicted octanol–water partition coefficient (Wildman–Crippen LogP) is 2.43. The number of nitrogens with zero attached hydrogens (tertiary/aromatic N) is 3. The fraction of sp³-hybridized carbons (Fsp3) is 0.250. The van der Waals surface area contributed by atoms with E-state index in [1.54, 1.807) is 18.6 Å². The molecule has 3 heteroatoms. The van der Waals surface area contributed by atoms with Gasteiger partial charge in [-0.1, -0.05) is 0 Å². The summed E-state index contributed by atoms with van der Waals surface area (Å²) >= 11 is 0. The molecular formula is C12H11N3. The zero-order valence-corrected chi connectivity index (χ0v) is 8.73. The van der Waals surface area contributed by atoms with Crippen LogP contribution in [-0.2, 0) is 5.41 Å². The van der Waals surface area contributed by atoms with Crippen LogP contribution in [0.2, 0.25) is 0 Å². The minimum atomic E-state index is -0.503. The third-order valence-electron chi connectivity index (χ3n) is 2.48. The zero-order valence-electron chi connectivity index (χ0n) is 8.73. The molecule has 2 aromatic rings. The van der Waals surface area contributed by atoms with Crippen LogP contribution in [0.25, 0.3) is 10.9 Å². The van der Waals surface area contributed by atoms with Gasteiger partial charge in [0.05, 0.1) is 17.0 Å². The highest BCUT2D eigenvalue weighted by Gasteiger charge is 2.20. The predicted molar refractivity (Wildman–Crippen MR) is 58.2 cm³/mol. The maximum Gasteiger partial charge on any atom is 0.0781 e. The highest BCUT2D eigenvalue weighted by atomic mass is 14.7. The van der Waals surface area contributed by atoms with Crippen LogP contribution in [0.3, 0.4) is 0 Å². The summed E-state index contributed by atoms with van der Waals surface area (Å²) in [4.78, 5) is 8.34. The summed E-state index contributed by atoms with van der Waals surface area (Å²) < 4.78 is 0. The van der Waals surface area contributed by atoms with Gasteiger partial charge in [0.25, 0.3) is 0 Å². The second-order valence-electron chi connectivity index (χ2n) is 4.03. The molecule has 15 heavy (non-hydrogen) atoms. The molecule has 3 nitrogen and oxygen atoms in total. The molecule has 0 aliphatic heterocycles. The molecule has 0 radical (unpaired) electrons. The number of aromatic nitrogens is 2. The van der Waals surface area contributed by atoms with Crippen LogP contribution < -0.4 is 0 Å². The smallest absolute Gasteiger partial charge is 0.0781 e. The minimum Gasteiger partial charge on any atom is -0.264 e. The average Bonchev–Trinajstić information content (AvgIpc) is 2.28. The van der Waals surface area contributed by atoms with Gasteiger partial charge in [0.15, 0.2) is 0 Å². The van der Waals surface area contributed by atoms with E-state index in [-0.39, 0.29) is 0 Å². The van der Waals surface area contributed by atoms with Crippen molar-refractivity contribution < 1.29 is 0 Å². The molecule has 2 heterocycles. The average molecular weight is 197 g/mol. The van der Waals surface area contributed by atoms with E-state index < -0.39 is 5.41 Å². The first-order valence-corrected chi connectivity index (χ1v) is 4.75. The van der Waals surface area contributed by atoms with Crippen LogP contribution in [0, 0.1) is 11.3 Å². The Hall–Kier alpha value is -1.95. The summed E-state index contributed by atoms with van der Waals surface area (Å²) in [7, 11) is 0. The van der Waals surface area contributed by atoms with Gasteiger partial charge in [-0.25, -0.2) is 0 Å². The normalized spacial score (nSPS) is 11.3. The van der Waals surface area contributed by atoms with E-state index in [1.165, 1.54) is 0 Å². The fourth-order valence-electron chi connectivity index (χ4n) is 1.38. The summed E-state index contributed by atoms with van der Waals surface area (Å²) in [5.74, 6) is 0. The lowest BCUT2D eigenvalue weighted by Gasteiger charge is -2.15. The highest BCUT2D eigenvalue weighted by Crippen LogP contribution is 2.23. The van der Waals surface area contributed by atoms with E-state index in [9.17, 15) is 0 Å². The Morgan fingerprint density at radius 2 is 2.13 bits per heavy atom. The molecule has 0 unspecified atom stereocenters. The van der Waals surface area contributed by atoms with Crippen LogP contribution in [0.15, 0.2) is 30.7 Å². The Morgan fingerprint density at radius 1 is 1.33 bits per heavy atom. The van der Waals surface area contributed by atoms with E-state index in [1.807, 2.05) is 26.0 Å². The van der Waals surface area contributed by atoms with Gasteiger partial charge in [-0.2, -0.15) is 5.26 Å². The molecule has 0 amide bonds. The summed E-state index contributed by atoms with van der Waals surface area (Å²) in [6.45, 7) is 3.76.